The molecule has 2 amide bonds. The molecule has 0 radical (unpaired) electrons. The van der Waals surface area contributed by atoms with Gasteiger partial charge in [-0.1, -0.05) is 30.2 Å². The molecule has 10 heteroatoms. The number of urea groups is 1. The summed E-state index contributed by atoms with van der Waals surface area (Å²) in [6.45, 7) is 1.10. The number of allylic oxidation sites excluding steroid dienone is 2. The van der Waals surface area contributed by atoms with E-state index in [1.54, 1.807) is 7.11 Å². The van der Waals surface area contributed by atoms with E-state index in [0.29, 0.717) is 12.0 Å². The molecule has 4 rings (SSSR count). The highest BCUT2D eigenvalue weighted by Gasteiger charge is 2.44. The number of hydrogen-bond acceptors (Lipinski definition) is 6. The van der Waals surface area contributed by atoms with Gasteiger partial charge < -0.3 is 14.6 Å². The van der Waals surface area contributed by atoms with Gasteiger partial charge in [-0.05, 0) is 48.2 Å². The molecular formula is C24H20N2O7S. The first-order valence-corrected chi connectivity index (χ1v) is 11.5. The van der Waals surface area contributed by atoms with Crippen molar-refractivity contribution in [1.29, 1.82) is 0 Å². The van der Waals surface area contributed by atoms with Crippen LogP contribution in [0.25, 0.3) is 0 Å². The fourth-order valence-corrected chi connectivity index (χ4v) is 4.65. The van der Waals surface area contributed by atoms with Gasteiger partial charge in [-0.2, -0.15) is 0 Å². The number of ether oxygens (including phenoxy) is 2. The first kappa shape index (κ1) is 22.9. The molecular weight excluding hydrogens is 460 g/mol. The van der Waals surface area contributed by atoms with Gasteiger partial charge in [-0.25, -0.2) is 27.2 Å². The Labute approximate surface area is 196 Å². The molecule has 0 spiro atoms. The lowest BCUT2D eigenvalue weighted by molar-refractivity contribution is 0.0696. The summed E-state index contributed by atoms with van der Waals surface area (Å²) >= 11 is 0. The maximum Gasteiger partial charge on any atom is 0.345 e. The van der Waals surface area contributed by atoms with Crippen LogP contribution in [0.1, 0.15) is 28.4 Å². The van der Waals surface area contributed by atoms with Crippen LogP contribution in [-0.4, -0.2) is 41.8 Å². The summed E-state index contributed by atoms with van der Waals surface area (Å²) in [5.74, 6) is 5.46. The highest BCUT2D eigenvalue weighted by Crippen LogP contribution is 2.35. The lowest BCUT2D eigenvalue weighted by atomic mass is 10.1. The number of fused-ring (bicyclic) bond motifs is 1. The summed E-state index contributed by atoms with van der Waals surface area (Å²) in [6.07, 6.45) is 1.78. The van der Waals surface area contributed by atoms with Crippen LogP contribution in [0.5, 0.6) is 5.75 Å². The minimum Gasteiger partial charge on any atom is -0.497 e. The number of hydrogen-bond donors (Lipinski definition) is 1. The van der Waals surface area contributed by atoms with Crippen LogP contribution in [0.4, 0.5) is 4.79 Å². The number of carboxylic acids is 1. The van der Waals surface area contributed by atoms with E-state index in [-0.39, 0.29) is 28.7 Å². The number of rotatable bonds is 5. The summed E-state index contributed by atoms with van der Waals surface area (Å²) in [6, 6.07) is 12.2. The highest BCUT2D eigenvalue weighted by atomic mass is 32.2. The zero-order valence-corrected chi connectivity index (χ0v) is 19.1. The molecule has 0 atom stereocenters. The van der Waals surface area contributed by atoms with Crippen molar-refractivity contribution in [2.45, 2.75) is 19.9 Å². The predicted octanol–water partition coefficient (Wildman–Crippen LogP) is 3.27. The molecule has 0 bridgehead atoms. The van der Waals surface area contributed by atoms with Gasteiger partial charge in [0.05, 0.1) is 25.4 Å². The van der Waals surface area contributed by atoms with Crippen molar-refractivity contribution in [2.75, 3.05) is 7.11 Å². The van der Waals surface area contributed by atoms with Crippen LogP contribution < -0.4 is 4.74 Å². The maximum absolute atomic E-state index is 13.0. The zero-order valence-electron chi connectivity index (χ0n) is 18.3. The van der Waals surface area contributed by atoms with Gasteiger partial charge >= 0.3 is 12.0 Å². The van der Waals surface area contributed by atoms with Crippen LogP contribution in [0.3, 0.4) is 0 Å². The normalized spacial score (nSPS) is 16.3. The van der Waals surface area contributed by atoms with Gasteiger partial charge in [0.25, 0.3) is 10.0 Å². The number of sulfonamides is 1. The molecule has 0 saturated heterocycles. The van der Waals surface area contributed by atoms with Crippen molar-refractivity contribution in [1.82, 2.24) is 9.21 Å². The average molecular weight is 480 g/mol. The van der Waals surface area contributed by atoms with E-state index in [0.717, 1.165) is 20.5 Å². The SMILES string of the molecule is COc1ccc(CC#CC2=CN3C(=O)N(Cc4ccc(C(=O)O)cc4)S(=O)(=O)C(C)=C3O2)cc1. The second kappa shape index (κ2) is 8.96. The first-order chi connectivity index (χ1) is 16.2. The molecule has 34 heavy (non-hydrogen) atoms. The highest BCUT2D eigenvalue weighted by molar-refractivity contribution is 7.93. The lowest BCUT2D eigenvalue weighted by Crippen LogP contribution is -2.47. The van der Waals surface area contributed by atoms with Crippen LogP contribution in [0.2, 0.25) is 0 Å². The largest absolute Gasteiger partial charge is 0.497 e. The number of aromatic carboxylic acids is 1. The molecule has 174 valence electrons. The smallest absolute Gasteiger partial charge is 0.345 e. The van der Waals surface area contributed by atoms with E-state index < -0.39 is 22.0 Å². The number of carbonyl (C=O) groups excluding carboxylic acids is 1. The predicted molar refractivity (Wildman–Crippen MR) is 121 cm³/mol. The fourth-order valence-electron chi connectivity index (χ4n) is 3.34. The molecule has 2 aromatic rings. The van der Waals surface area contributed by atoms with E-state index in [1.165, 1.54) is 37.4 Å². The standard InChI is InChI=1S/C24H20N2O7S/c1-16-22-25(15-21(33-22)5-3-4-17-8-12-20(32-2)13-9-17)24(29)26(34(16,30)31)14-18-6-10-19(11-7-18)23(27)28/h6-13,15H,4,14H2,1-2H3,(H,27,28). The van der Waals surface area contributed by atoms with Crippen LogP contribution >= 0.6 is 0 Å². The van der Waals surface area contributed by atoms with E-state index in [4.69, 9.17) is 14.6 Å². The van der Waals surface area contributed by atoms with Gasteiger partial charge in [0.1, 0.15) is 10.7 Å². The average Bonchev–Trinajstić information content (AvgIpc) is 3.26. The summed E-state index contributed by atoms with van der Waals surface area (Å²) < 4.78 is 37.4. The van der Waals surface area contributed by atoms with Crippen molar-refractivity contribution in [3.05, 3.63) is 88.0 Å². The Kier molecular flexibility index (Phi) is 6.04. The van der Waals surface area contributed by atoms with Gasteiger partial charge in [0.2, 0.25) is 5.88 Å². The Hall–Kier alpha value is -4.23. The molecule has 9 nitrogen and oxygen atoms in total. The van der Waals surface area contributed by atoms with E-state index in [2.05, 4.69) is 11.8 Å². The van der Waals surface area contributed by atoms with Crippen molar-refractivity contribution in [2.24, 2.45) is 0 Å². The quantitative estimate of drug-likeness (QED) is 0.654. The van der Waals surface area contributed by atoms with E-state index >= 15 is 0 Å². The second-order valence-corrected chi connectivity index (χ2v) is 9.45. The minimum absolute atomic E-state index is 0.0590. The van der Waals surface area contributed by atoms with Crippen molar-refractivity contribution >= 4 is 22.0 Å². The number of carboxylic acid groups (broad SMARTS) is 1. The number of nitrogens with zero attached hydrogens (tertiary/aromatic N) is 2. The molecule has 2 heterocycles. The topological polar surface area (TPSA) is 113 Å². The Morgan fingerprint density at radius 1 is 1.09 bits per heavy atom. The van der Waals surface area contributed by atoms with Gasteiger partial charge in [-0.3, -0.25) is 0 Å². The number of benzene rings is 2. The van der Waals surface area contributed by atoms with Gasteiger partial charge in [0.15, 0.2) is 5.76 Å². The summed E-state index contributed by atoms with van der Waals surface area (Å²) in [5.41, 5.74) is 1.48. The maximum atomic E-state index is 13.0. The number of amides is 2. The van der Waals surface area contributed by atoms with Crippen molar-refractivity contribution < 1.29 is 32.6 Å². The Bertz CT molecular complexity index is 1380. The van der Waals surface area contributed by atoms with Gasteiger partial charge in [0, 0.05) is 6.42 Å². The monoisotopic (exact) mass is 480 g/mol. The van der Waals surface area contributed by atoms with Crippen LogP contribution in [0, 0.1) is 11.8 Å². The molecule has 2 aliphatic heterocycles. The molecule has 1 N–H and O–H groups in total. The fraction of sp³-hybridized carbons (Fsp3) is 0.167. The summed E-state index contributed by atoms with van der Waals surface area (Å²) in [7, 11) is -2.55. The van der Waals surface area contributed by atoms with Crippen molar-refractivity contribution in [3.63, 3.8) is 0 Å². The molecule has 2 aliphatic rings. The minimum atomic E-state index is -4.14. The van der Waals surface area contributed by atoms with Gasteiger partial charge in [-0.15, -0.1) is 0 Å². The molecule has 2 aromatic carbocycles. The molecule has 0 aliphatic carbocycles. The molecule has 0 saturated carbocycles. The van der Waals surface area contributed by atoms with E-state index in [9.17, 15) is 18.0 Å². The molecule has 0 aromatic heterocycles. The number of methoxy groups -OCH3 is 1. The summed E-state index contributed by atoms with van der Waals surface area (Å²) in [5, 5.41) is 9.02. The van der Waals surface area contributed by atoms with Crippen molar-refractivity contribution in [3.8, 4) is 17.6 Å². The zero-order chi connectivity index (χ0) is 24.5. The number of carbonyl (C=O) groups is 2. The first-order valence-electron chi connectivity index (χ1n) is 10.1. The Morgan fingerprint density at radius 2 is 1.74 bits per heavy atom. The molecule has 0 unspecified atom stereocenters. The lowest BCUT2D eigenvalue weighted by Gasteiger charge is -2.31. The van der Waals surface area contributed by atoms with E-state index in [1.807, 2.05) is 24.3 Å². The third-order valence-corrected chi connectivity index (χ3v) is 7.07. The third-order valence-electron chi connectivity index (χ3n) is 5.26. The van der Waals surface area contributed by atoms with Crippen LogP contribution in [-0.2, 0) is 27.7 Å². The third kappa shape index (κ3) is 4.33. The Morgan fingerprint density at radius 3 is 2.35 bits per heavy atom. The summed E-state index contributed by atoms with van der Waals surface area (Å²) in [4.78, 5) is 25.0. The Balaban J connectivity index is 1.54. The molecule has 0 fully saturated rings. The van der Waals surface area contributed by atoms with Crippen LogP contribution in [0.15, 0.2) is 71.3 Å². The second-order valence-electron chi connectivity index (χ2n) is 7.45.